The second kappa shape index (κ2) is 5.89. The number of hydrogen-bond donors (Lipinski definition) is 1. The second-order valence-electron chi connectivity index (χ2n) is 4.48. The van der Waals surface area contributed by atoms with E-state index in [9.17, 15) is 4.79 Å². The second-order valence-corrected chi connectivity index (χ2v) is 5.78. The summed E-state index contributed by atoms with van der Waals surface area (Å²) in [7, 11) is 0. The van der Waals surface area contributed by atoms with Crippen LogP contribution in [-0.4, -0.2) is 12.5 Å². The molecule has 1 heterocycles. The normalized spacial score (nSPS) is 18.6. The minimum absolute atomic E-state index is 0.0444. The largest absolute Gasteiger partial charge is 0.352 e. The molecule has 1 saturated heterocycles. The lowest BCUT2D eigenvalue weighted by Crippen LogP contribution is -2.23. The molecule has 1 aromatic rings. The van der Waals surface area contributed by atoms with Gasteiger partial charge in [-0.05, 0) is 55.5 Å². The molecule has 1 aromatic carbocycles. The molecule has 2 rings (SSSR count). The van der Waals surface area contributed by atoms with Gasteiger partial charge in [0.05, 0.1) is 0 Å². The van der Waals surface area contributed by atoms with Crippen molar-refractivity contribution in [3.05, 3.63) is 38.3 Å². The van der Waals surface area contributed by atoms with Gasteiger partial charge in [-0.3, -0.25) is 4.79 Å². The van der Waals surface area contributed by atoms with Crippen molar-refractivity contribution in [3.63, 3.8) is 0 Å². The molecular weight excluding hydrogens is 314 g/mol. The summed E-state index contributed by atoms with van der Waals surface area (Å²) in [4.78, 5) is 11.9. The number of halogens is 2. The van der Waals surface area contributed by atoms with Gasteiger partial charge in [-0.15, -0.1) is 0 Å². The van der Waals surface area contributed by atoms with Crippen molar-refractivity contribution in [2.75, 3.05) is 6.54 Å². The van der Waals surface area contributed by atoms with Crippen molar-refractivity contribution in [2.24, 2.45) is 0 Å². The molecule has 0 radical (unpaired) electrons. The van der Waals surface area contributed by atoms with E-state index in [2.05, 4.69) is 21.2 Å². The maximum absolute atomic E-state index is 11.9. The SMILES string of the molecule is Cc1c(Br)cc(Cl)cc1/C=C1\CCCCNC1=O. The highest BCUT2D eigenvalue weighted by Crippen LogP contribution is 2.27. The van der Waals surface area contributed by atoms with Crippen LogP contribution in [0, 0.1) is 6.92 Å². The Morgan fingerprint density at radius 3 is 2.94 bits per heavy atom. The molecule has 0 saturated carbocycles. The first kappa shape index (κ1) is 13.6. The standard InChI is InChI=1S/C14H15BrClNO/c1-9-11(7-12(16)8-13(9)15)6-10-4-2-3-5-17-14(10)18/h6-8H,2-5H2,1H3,(H,17,18)/b10-6+. The van der Waals surface area contributed by atoms with E-state index in [0.29, 0.717) is 5.02 Å². The van der Waals surface area contributed by atoms with Gasteiger partial charge < -0.3 is 5.32 Å². The van der Waals surface area contributed by atoms with Crippen molar-refractivity contribution in [1.29, 1.82) is 0 Å². The van der Waals surface area contributed by atoms with Crippen LogP contribution in [0.15, 0.2) is 22.2 Å². The van der Waals surface area contributed by atoms with Crippen LogP contribution in [0.4, 0.5) is 0 Å². The Bertz CT molecular complexity index is 511. The van der Waals surface area contributed by atoms with E-state index >= 15 is 0 Å². The van der Waals surface area contributed by atoms with E-state index in [0.717, 1.165) is 47.0 Å². The number of benzene rings is 1. The van der Waals surface area contributed by atoms with Gasteiger partial charge in [0.15, 0.2) is 0 Å². The number of carbonyl (C=O) groups excluding carboxylic acids is 1. The van der Waals surface area contributed by atoms with Gasteiger partial charge in [-0.1, -0.05) is 27.5 Å². The molecule has 4 heteroatoms. The fourth-order valence-electron chi connectivity index (χ4n) is 2.01. The average Bonchev–Trinajstić information content (AvgIpc) is 2.51. The first-order valence-corrected chi connectivity index (χ1v) is 7.19. The van der Waals surface area contributed by atoms with Crippen LogP contribution in [0.3, 0.4) is 0 Å². The highest BCUT2D eigenvalue weighted by Gasteiger charge is 2.13. The van der Waals surface area contributed by atoms with Crippen LogP contribution in [0.5, 0.6) is 0 Å². The predicted octanol–water partition coefficient (Wildman–Crippen LogP) is 4.09. The van der Waals surface area contributed by atoms with E-state index in [1.165, 1.54) is 0 Å². The fourth-order valence-corrected chi connectivity index (χ4v) is 2.84. The Morgan fingerprint density at radius 2 is 2.17 bits per heavy atom. The summed E-state index contributed by atoms with van der Waals surface area (Å²) in [5, 5.41) is 3.59. The zero-order valence-electron chi connectivity index (χ0n) is 10.2. The molecule has 1 amide bonds. The Morgan fingerprint density at radius 1 is 1.39 bits per heavy atom. The van der Waals surface area contributed by atoms with Crippen molar-refractivity contribution in [1.82, 2.24) is 5.32 Å². The monoisotopic (exact) mass is 327 g/mol. The van der Waals surface area contributed by atoms with E-state index in [4.69, 9.17) is 11.6 Å². The van der Waals surface area contributed by atoms with Crippen LogP contribution >= 0.6 is 27.5 Å². The van der Waals surface area contributed by atoms with Crippen LogP contribution < -0.4 is 5.32 Å². The van der Waals surface area contributed by atoms with Crippen LogP contribution in [0.1, 0.15) is 30.4 Å². The van der Waals surface area contributed by atoms with E-state index in [-0.39, 0.29) is 5.91 Å². The Balaban J connectivity index is 2.39. The minimum atomic E-state index is 0.0444. The summed E-state index contributed by atoms with van der Waals surface area (Å²) in [6.45, 7) is 2.79. The fraction of sp³-hybridized carbons (Fsp3) is 0.357. The molecule has 0 bridgehead atoms. The topological polar surface area (TPSA) is 29.1 Å². The maximum atomic E-state index is 11.9. The highest BCUT2D eigenvalue weighted by molar-refractivity contribution is 9.10. The summed E-state index contributed by atoms with van der Waals surface area (Å²) >= 11 is 9.53. The van der Waals surface area contributed by atoms with Gasteiger partial charge in [0.25, 0.3) is 0 Å². The van der Waals surface area contributed by atoms with Gasteiger partial charge in [-0.25, -0.2) is 0 Å². The van der Waals surface area contributed by atoms with E-state index in [1.807, 2.05) is 25.1 Å². The van der Waals surface area contributed by atoms with Crippen molar-refractivity contribution >= 4 is 39.5 Å². The zero-order chi connectivity index (χ0) is 13.1. The number of amides is 1. The molecule has 1 aliphatic heterocycles. The first-order chi connectivity index (χ1) is 8.58. The average molecular weight is 329 g/mol. The summed E-state index contributed by atoms with van der Waals surface area (Å²) in [5.41, 5.74) is 2.94. The molecular formula is C14H15BrClNO. The van der Waals surface area contributed by atoms with Crippen LogP contribution in [0.25, 0.3) is 6.08 Å². The summed E-state index contributed by atoms with van der Waals surface area (Å²) in [5.74, 6) is 0.0444. The molecule has 1 N–H and O–H groups in total. The lowest BCUT2D eigenvalue weighted by atomic mass is 10.0. The number of rotatable bonds is 1. The summed E-state index contributed by atoms with van der Waals surface area (Å²) in [6, 6.07) is 3.76. The quantitative estimate of drug-likeness (QED) is 0.773. The van der Waals surface area contributed by atoms with Gasteiger partial charge >= 0.3 is 0 Å². The van der Waals surface area contributed by atoms with Gasteiger partial charge in [0.1, 0.15) is 0 Å². The number of hydrogen-bond acceptors (Lipinski definition) is 1. The van der Waals surface area contributed by atoms with Crippen molar-refractivity contribution in [3.8, 4) is 0 Å². The first-order valence-electron chi connectivity index (χ1n) is 6.02. The minimum Gasteiger partial charge on any atom is -0.352 e. The van der Waals surface area contributed by atoms with Crippen molar-refractivity contribution in [2.45, 2.75) is 26.2 Å². The number of carbonyl (C=O) groups is 1. The molecule has 0 atom stereocenters. The Hall–Kier alpha value is -0.800. The lowest BCUT2D eigenvalue weighted by molar-refractivity contribution is -0.117. The van der Waals surface area contributed by atoms with Crippen molar-refractivity contribution < 1.29 is 4.79 Å². The van der Waals surface area contributed by atoms with Crippen LogP contribution in [0.2, 0.25) is 5.02 Å². The van der Waals surface area contributed by atoms with Gasteiger partial charge in [0, 0.05) is 21.6 Å². The molecule has 1 fully saturated rings. The van der Waals surface area contributed by atoms with E-state index in [1.54, 1.807) is 0 Å². The smallest absolute Gasteiger partial charge is 0.247 e. The lowest BCUT2D eigenvalue weighted by Gasteiger charge is -2.07. The molecule has 96 valence electrons. The third kappa shape index (κ3) is 3.15. The molecule has 0 aromatic heterocycles. The molecule has 1 aliphatic rings. The Kier molecular flexibility index (Phi) is 4.46. The van der Waals surface area contributed by atoms with E-state index < -0.39 is 0 Å². The third-order valence-electron chi connectivity index (χ3n) is 3.13. The van der Waals surface area contributed by atoms with Crippen LogP contribution in [-0.2, 0) is 4.79 Å². The number of nitrogens with one attached hydrogen (secondary N) is 1. The molecule has 0 spiro atoms. The summed E-state index contributed by atoms with van der Waals surface area (Å²) < 4.78 is 0.968. The molecule has 0 aliphatic carbocycles. The Labute approximate surface area is 121 Å². The highest BCUT2D eigenvalue weighted by atomic mass is 79.9. The van der Waals surface area contributed by atoms with Gasteiger partial charge in [-0.2, -0.15) is 0 Å². The molecule has 0 unspecified atom stereocenters. The maximum Gasteiger partial charge on any atom is 0.247 e. The third-order valence-corrected chi connectivity index (χ3v) is 4.17. The molecule has 2 nitrogen and oxygen atoms in total. The zero-order valence-corrected chi connectivity index (χ0v) is 12.6. The predicted molar refractivity (Wildman–Crippen MR) is 78.7 cm³/mol. The van der Waals surface area contributed by atoms with Gasteiger partial charge in [0.2, 0.25) is 5.91 Å². The molecule has 18 heavy (non-hydrogen) atoms. The summed E-state index contributed by atoms with van der Waals surface area (Å²) in [6.07, 6.45) is 4.87.